The molecular formula is C34H55F5O4S. The summed E-state index contributed by atoms with van der Waals surface area (Å²) in [5, 5.41) is 21.8. The average Bonchev–Trinajstić information content (AvgIpc) is 3.23. The molecule has 0 bridgehead atoms. The first-order valence-corrected chi connectivity index (χ1v) is 18.7. The van der Waals surface area contributed by atoms with E-state index in [2.05, 4.69) is 13.8 Å². The third-order valence-electron chi connectivity index (χ3n) is 12.6. The van der Waals surface area contributed by atoms with E-state index in [1.165, 1.54) is 6.42 Å². The van der Waals surface area contributed by atoms with Gasteiger partial charge in [0.2, 0.25) is 0 Å². The molecule has 4 rings (SSSR count). The van der Waals surface area contributed by atoms with Crippen LogP contribution in [0.3, 0.4) is 0 Å². The van der Waals surface area contributed by atoms with Gasteiger partial charge >= 0.3 is 12.1 Å². The zero-order valence-corrected chi connectivity index (χ0v) is 27.5. The van der Waals surface area contributed by atoms with E-state index in [1.54, 1.807) is 0 Å². The topological polar surface area (TPSA) is 74.6 Å². The van der Waals surface area contributed by atoms with Gasteiger partial charge < -0.3 is 10.2 Å². The van der Waals surface area contributed by atoms with Crippen molar-refractivity contribution in [3.05, 3.63) is 0 Å². The molecule has 5 unspecified atom stereocenters. The Morgan fingerprint density at radius 1 is 0.909 bits per heavy atom. The molecular weight excluding hydrogens is 599 g/mol. The van der Waals surface area contributed by atoms with Crippen molar-refractivity contribution >= 4 is 16.6 Å². The van der Waals surface area contributed by atoms with Crippen LogP contribution in [0.5, 0.6) is 0 Å². The predicted molar refractivity (Wildman–Crippen MR) is 163 cm³/mol. The molecule has 256 valence electrons. The summed E-state index contributed by atoms with van der Waals surface area (Å²) in [5.74, 6) is -1.42. The first-order chi connectivity index (χ1) is 20.6. The first-order valence-electron chi connectivity index (χ1n) is 17.3. The number of alkyl halides is 5. The van der Waals surface area contributed by atoms with Gasteiger partial charge in [-0.2, -0.15) is 22.0 Å². The third-order valence-corrected chi connectivity index (χ3v) is 14.0. The normalized spacial score (nSPS) is 37.2. The fraction of sp³-hybridized carbons (Fsp3) is 0.971. The van der Waals surface area contributed by atoms with Crippen LogP contribution in [0.4, 0.5) is 22.0 Å². The van der Waals surface area contributed by atoms with Gasteiger partial charge in [0, 0.05) is 41.6 Å². The van der Waals surface area contributed by atoms with Gasteiger partial charge in [0.15, 0.2) is 0 Å². The minimum Gasteiger partial charge on any atom is -0.393 e. The highest BCUT2D eigenvalue weighted by Crippen LogP contribution is 2.68. The van der Waals surface area contributed by atoms with Crippen LogP contribution >= 0.6 is 0 Å². The minimum atomic E-state index is -5.56. The quantitative estimate of drug-likeness (QED) is 0.137. The van der Waals surface area contributed by atoms with Crippen LogP contribution < -0.4 is 0 Å². The zero-order valence-electron chi connectivity index (χ0n) is 26.7. The lowest BCUT2D eigenvalue weighted by Crippen LogP contribution is -2.57. The number of hydrogen-bond acceptors (Lipinski definition) is 4. The van der Waals surface area contributed by atoms with Crippen molar-refractivity contribution < 1.29 is 41.2 Å². The number of aliphatic hydroxyl groups excluding tert-OH is 2. The van der Waals surface area contributed by atoms with Crippen LogP contribution in [0.2, 0.25) is 0 Å². The molecule has 0 amide bonds. The molecule has 4 aliphatic rings. The smallest absolute Gasteiger partial charge is 0.393 e. The summed E-state index contributed by atoms with van der Waals surface area (Å²) < 4.78 is 74.6. The molecule has 0 spiro atoms. The Kier molecular flexibility index (Phi) is 12.1. The number of ketones is 1. The predicted octanol–water partition coefficient (Wildman–Crippen LogP) is 8.39. The van der Waals surface area contributed by atoms with Crippen LogP contribution in [-0.4, -0.2) is 56.0 Å². The van der Waals surface area contributed by atoms with E-state index in [0.29, 0.717) is 60.4 Å². The molecule has 0 aromatic rings. The van der Waals surface area contributed by atoms with E-state index in [9.17, 15) is 41.2 Å². The number of carbonyl (C=O) groups excluding carboxylic acids is 1. The largest absolute Gasteiger partial charge is 0.453 e. The number of Topliss-reactive ketones (excluding diaryl/α,β-unsaturated/α-hetero) is 1. The zero-order chi connectivity index (χ0) is 32.3. The molecule has 4 nitrogen and oxygen atoms in total. The Balaban J connectivity index is 1.17. The van der Waals surface area contributed by atoms with Crippen molar-refractivity contribution in [3.63, 3.8) is 0 Å². The maximum absolute atomic E-state index is 13.0. The molecule has 10 atom stereocenters. The van der Waals surface area contributed by atoms with Crippen molar-refractivity contribution in [2.45, 2.75) is 154 Å². The van der Waals surface area contributed by atoms with Gasteiger partial charge in [-0.15, -0.1) is 0 Å². The molecule has 0 heterocycles. The standard InChI is InChI=1S/C34H55F5O4S/c1-31-18-16-26(41)21-24(31)12-13-27-28-14-15-29(42)32(28,2)22-23(30(27)31)9-7-11-25(40)10-5-3-4-6-19-44(43)20-8-17-33(35,36)34(37,38)39/h23-25,27-30,40,42H,3-22H2,1-2H3/t23?,24?,25?,27-,28-,29?,30+,31-,32-,44?/m0/s1. The molecule has 0 radical (unpaired) electrons. The lowest BCUT2D eigenvalue weighted by Gasteiger charge is -2.62. The van der Waals surface area contributed by atoms with Gasteiger partial charge in [-0.1, -0.05) is 46.0 Å². The van der Waals surface area contributed by atoms with Crippen LogP contribution in [-0.2, 0) is 15.6 Å². The second-order valence-electron chi connectivity index (χ2n) is 15.3. The Bertz CT molecular complexity index is 991. The van der Waals surface area contributed by atoms with Crippen molar-refractivity contribution in [1.29, 1.82) is 0 Å². The average molecular weight is 655 g/mol. The summed E-state index contributed by atoms with van der Waals surface area (Å²) in [6.07, 6.45) is 6.33. The molecule has 4 aliphatic carbocycles. The summed E-state index contributed by atoms with van der Waals surface area (Å²) in [5.41, 5.74) is 0.156. The molecule has 2 N–H and O–H groups in total. The maximum Gasteiger partial charge on any atom is 0.453 e. The van der Waals surface area contributed by atoms with Gasteiger partial charge in [-0.3, -0.25) is 9.00 Å². The molecule has 0 aromatic carbocycles. The molecule has 0 saturated heterocycles. The number of hydrogen-bond donors (Lipinski definition) is 2. The summed E-state index contributed by atoms with van der Waals surface area (Å²) in [4.78, 5) is 12.4. The lowest BCUT2D eigenvalue weighted by atomic mass is 9.42. The van der Waals surface area contributed by atoms with Gasteiger partial charge in [0.1, 0.15) is 5.78 Å². The molecule has 0 aliphatic heterocycles. The number of fused-ring (bicyclic) bond motifs is 5. The van der Waals surface area contributed by atoms with E-state index in [4.69, 9.17) is 0 Å². The molecule has 0 aromatic heterocycles. The Morgan fingerprint density at radius 3 is 2.32 bits per heavy atom. The highest BCUT2D eigenvalue weighted by atomic mass is 32.2. The van der Waals surface area contributed by atoms with Gasteiger partial charge in [0.25, 0.3) is 0 Å². The van der Waals surface area contributed by atoms with E-state index in [0.717, 1.165) is 77.0 Å². The minimum absolute atomic E-state index is 0.0318. The van der Waals surface area contributed by atoms with Gasteiger partial charge in [-0.25, -0.2) is 0 Å². The molecule has 44 heavy (non-hydrogen) atoms. The molecule has 4 fully saturated rings. The molecule has 4 saturated carbocycles. The highest BCUT2D eigenvalue weighted by Gasteiger charge is 2.62. The first kappa shape index (κ1) is 36.2. The monoisotopic (exact) mass is 654 g/mol. The van der Waals surface area contributed by atoms with E-state index in [1.807, 2.05) is 0 Å². The van der Waals surface area contributed by atoms with Gasteiger partial charge in [0.05, 0.1) is 12.2 Å². The summed E-state index contributed by atoms with van der Waals surface area (Å²) in [6, 6.07) is 0. The fourth-order valence-corrected chi connectivity index (χ4v) is 11.4. The van der Waals surface area contributed by atoms with Crippen LogP contribution in [0.25, 0.3) is 0 Å². The summed E-state index contributed by atoms with van der Waals surface area (Å²) in [7, 11) is -1.40. The number of aliphatic hydroxyl groups is 2. The summed E-state index contributed by atoms with van der Waals surface area (Å²) in [6.45, 7) is 4.77. The lowest BCUT2D eigenvalue weighted by molar-refractivity contribution is -0.284. The van der Waals surface area contributed by atoms with Crippen molar-refractivity contribution in [2.75, 3.05) is 11.5 Å². The third kappa shape index (κ3) is 8.08. The molecule has 10 heteroatoms. The van der Waals surface area contributed by atoms with E-state index < -0.39 is 35.7 Å². The Morgan fingerprint density at radius 2 is 1.59 bits per heavy atom. The SMILES string of the molecule is C[C@]12CCC(=O)CC1CC[C@@H]1[C@H]2C(CCCC(O)CCCCCCS(=O)CCCC(F)(F)C(F)(F)F)C[C@]2(C)C(O)CC[C@@H]12. The highest BCUT2D eigenvalue weighted by molar-refractivity contribution is 7.84. The second kappa shape index (κ2) is 14.7. The number of unbranched alkanes of at least 4 members (excludes halogenated alkanes) is 3. The summed E-state index contributed by atoms with van der Waals surface area (Å²) >= 11 is 0. The van der Waals surface area contributed by atoms with Crippen LogP contribution in [0.1, 0.15) is 129 Å². The number of carbonyl (C=O) groups is 1. The Hall–Kier alpha value is -0.610. The number of halogens is 5. The fourth-order valence-electron chi connectivity index (χ4n) is 10.2. The van der Waals surface area contributed by atoms with Crippen molar-refractivity contribution in [2.24, 2.45) is 40.4 Å². The Labute approximate surface area is 263 Å². The second-order valence-corrected chi connectivity index (χ2v) is 17.0. The van der Waals surface area contributed by atoms with Crippen LogP contribution in [0.15, 0.2) is 0 Å². The van der Waals surface area contributed by atoms with Gasteiger partial charge in [-0.05, 0) is 105 Å². The van der Waals surface area contributed by atoms with Crippen LogP contribution in [0, 0.1) is 40.4 Å². The van der Waals surface area contributed by atoms with E-state index in [-0.39, 0.29) is 28.8 Å². The number of rotatable bonds is 15. The van der Waals surface area contributed by atoms with Crippen molar-refractivity contribution in [1.82, 2.24) is 0 Å². The maximum atomic E-state index is 13.0. The van der Waals surface area contributed by atoms with E-state index >= 15 is 0 Å². The van der Waals surface area contributed by atoms with Crippen molar-refractivity contribution in [3.8, 4) is 0 Å².